The van der Waals surface area contributed by atoms with Gasteiger partial charge in [0.1, 0.15) is 0 Å². The van der Waals surface area contributed by atoms with E-state index >= 15 is 0 Å². The van der Waals surface area contributed by atoms with Gasteiger partial charge in [-0.05, 0) is 6.07 Å². The maximum atomic E-state index is 11.4. The molecule has 1 N–H and O–H groups in total. The minimum atomic E-state index is -0.673. The number of carbonyl (C=O) groups is 1. The summed E-state index contributed by atoms with van der Waals surface area (Å²) in [4.78, 5) is 25.7. The summed E-state index contributed by atoms with van der Waals surface area (Å²) < 4.78 is 14.6. The Bertz CT molecular complexity index is 508. The largest absolute Gasteiger partial charge is 0.464 e. The molecule has 0 aliphatic heterocycles. The molecule has 0 saturated heterocycles. The van der Waals surface area contributed by atoms with Gasteiger partial charge in [0.05, 0.1) is 24.7 Å². The van der Waals surface area contributed by atoms with Crippen LogP contribution in [0.5, 0.6) is 0 Å². The Hall–Kier alpha value is -2.26. The Morgan fingerprint density at radius 3 is 2.67 bits per heavy atom. The third-order valence-electron chi connectivity index (χ3n) is 2.65. The fraction of sp³-hybridized carbons (Fsp3) is 0.500. The van der Waals surface area contributed by atoms with Gasteiger partial charge in [0.25, 0.3) is 0 Å². The van der Waals surface area contributed by atoms with Crippen molar-refractivity contribution in [3.63, 3.8) is 0 Å². The fourth-order valence-electron chi connectivity index (χ4n) is 1.55. The van der Waals surface area contributed by atoms with Crippen molar-refractivity contribution >= 4 is 17.5 Å². The first-order valence-corrected chi connectivity index (χ1v) is 6.02. The second kappa shape index (κ2) is 8.12. The Balaban J connectivity index is 2.95. The molecule has 0 spiro atoms. The Kier molecular flexibility index (Phi) is 6.50. The van der Waals surface area contributed by atoms with Crippen molar-refractivity contribution in [2.45, 2.75) is 6.10 Å². The van der Waals surface area contributed by atoms with Gasteiger partial charge in [0.15, 0.2) is 5.69 Å². The lowest BCUT2D eigenvalue weighted by molar-refractivity contribution is -0.384. The number of pyridine rings is 1. The number of carbonyl (C=O) groups excluding carboxylic acids is 1. The van der Waals surface area contributed by atoms with Gasteiger partial charge in [0, 0.05) is 26.8 Å². The number of methoxy groups -OCH3 is 3. The molecule has 0 saturated carbocycles. The summed E-state index contributed by atoms with van der Waals surface area (Å²) in [6.07, 6.45) is -0.307. The van der Waals surface area contributed by atoms with Gasteiger partial charge < -0.3 is 19.5 Å². The zero-order valence-corrected chi connectivity index (χ0v) is 12.0. The number of hydrogen-bond donors (Lipinski definition) is 1. The maximum absolute atomic E-state index is 11.4. The molecule has 1 aromatic heterocycles. The van der Waals surface area contributed by atoms with Gasteiger partial charge in [-0.3, -0.25) is 10.1 Å². The number of nitro groups is 1. The number of anilines is 1. The van der Waals surface area contributed by atoms with Crippen LogP contribution >= 0.6 is 0 Å². The van der Waals surface area contributed by atoms with Crippen molar-refractivity contribution in [2.75, 3.05) is 39.8 Å². The van der Waals surface area contributed by atoms with Crippen LogP contribution in [0.1, 0.15) is 10.5 Å². The minimum Gasteiger partial charge on any atom is -0.464 e. The van der Waals surface area contributed by atoms with E-state index in [-0.39, 0.29) is 29.8 Å². The third-order valence-corrected chi connectivity index (χ3v) is 2.65. The van der Waals surface area contributed by atoms with Crippen LogP contribution in [0.25, 0.3) is 0 Å². The SMILES string of the molecule is COCC(CNc1nc(C(=O)OC)ccc1[N+](=O)[O-])OC. The number of esters is 1. The number of hydrogen-bond acceptors (Lipinski definition) is 8. The normalized spacial score (nSPS) is 11.8. The summed E-state index contributed by atoms with van der Waals surface area (Å²) in [5, 5.41) is 13.8. The molecular formula is C12H17N3O6. The van der Waals surface area contributed by atoms with Crippen LogP contribution in [0.2, 0.25) is 0 Å². The maximum Gasteiger partial charge on any atom is 0.356 e. The molecule has 1 aromatic rings. The molecule has 0 aliphatic carbocycles. The lowest BCUT2D eigenvalue weighted by Gasteiger charge is -2.15. The monoisotopic (exact) mass is 299 g/mol. The van der Waals surface area contributed by atoms with E-state index in [2.05, 4.69) is 15.0 Å². The van der Waals surface area contributed by atoms with E-state index in [4.69, 9.17) is 9.47 Å². The summed E-state index contributed by atoms with van der Waals surface area (Å²) >= 11 is 0. The van der Waals surface area contributed by atoms with Gasteiger partial charge >= 0.3 is 11.7 Å². The first kappa shape index (κ1) is 16.8. The van der Waals surface area contributed by atoms with Gasteiger partial charge in [-0.1, -0.05) is 0 Å². The molecule has 9 nitrogen and oxygen atoms in total. The zero-order valence-electron chi connectivity index (χ0n) is 12.0. The van der Waals surface area contributed by atoms with Gasteiger partial charge in [-0.2, -0.15) is 0 Å². The smallest absolute Gasteiger partial charge is 0.356 e. The van der Waals surface area contributed by atoms with Crippen molar-refractivity contribution in [3.8, 4) is 0 Å². The molecule has 0 amide bonds. The first-order chi connectivity index (χ1) is 10.0. The average Bonchev–Trinajstić information content (AvgIpc) is 2.50. The van der Waals surface area contributed by atoms with Crippen LogP contribution in [-0.4, -0.2) is 56.5 Å². The molecular weight excluding hydrogens is 282 g/mol. The van der Waals surface area contributed by atoms with E-state index in [0.717, 1.165) is 0 Å². The lowest BCUT2D eigenvalue weighted by atomic mass is 10.3. The molecule has 1 heterocycles. The van der Waals surface area contributed by atoms with Crippen LogP contribution in [-0.2, 0) is 14.2 Å². The Labute approximate surface area is 121 Å². The average molecular weight is 299 g/mol. The van der Waals surface area contributed by atoms with E-state index in [1.807, 2.05) is 0 Å². The van der Waals surface area contributed by atoms with E-state index in [1.54, 1.807) is 0 Å². The van der Waals surface area contributed by atoms with Gasteiger partial charge in [-0.15, -0.1) is 0 Å². The predicted molar refractivity (Wildman–Crippen MR) is 73.4 cm³/mol. The highest BCUT2D eigenvalue weighted by atomic mass is 16.6. The molecule has 9 heteroatoms. The second-order valence-corrected chi connectivity index (χ2v) is 4.01. The van der Waals surface area contributed by atoms with Crippen LogP contribution in [0, 0.1) is 10.1 Å². The summed E-state index contributed by atoms with van der Waals surface area (Å²) in [5.74, 6) is -0.700. The Morgan fingerprint density at radius 1 is 1.43 bits per heavy atom. The Morgan fingerprint density at radius 2 is 2.14 bits per heavy atom. The number of nitrogens with one attached hydrogen (secondary N) is 1. The molecule has 0 fully saturated rings. The van der Waals surface area contributed by atoms with E-state index in [1.165, 1.54) is 33.5 Å². The number of nitrogens with zero attached hydrogens (tertiary/aromatic N) is 2. The number of rotatable bonds is 8. The lowest BCUT2D eigenvalue weighted by Crippen LogP contribution is -2.27. The molecule has 0 aromatic carbocycles. The molecule has 21 heavy (non-hydrogen) atoms. The van der Waals surface area contributed by atoms with E-state index in [0.29, 0.717) is 6.61 Å². The van der Waals surface area contributed by atoms with Crippen molar-refractivity contribution in [1.29, 1.82) is 0 Å². The minimum absolute atomic E-state index is 0.0219. The summed E-state index contributed by atoms with van der Waals surface area (Å²) in [6.45, 7) is 0.552. The standard InChI is InChI=1S/C12H17N3O6/c1-19-7-8(20-2)6-13-11-10(15(17)18)5-4-9(14-11)12(16)21-3/h4-5,8H,6-7H2,1-3H3,(H,13,14). The van der Waals surface area contributed by atoms with Crippen LogP contribution in [0.4, 0.5) is 11.5 Å². The van der Waals surface area contributed by atoms with Crippen LogP contribution in [0.3, 0.4) is 0 Å². The van der Waals surface area contributed by atoms with Crippen molar-refractivity contribution in [2.24, 2.45) is 0 Å². The molecule has 1 rings (SSSR count). The third kappa shape index (κ3) is 4.65. The molecule has 0 bridgehead atoms. The quantitative estimate of drug-likeness (QED) is 0.427. The second-order valence-electron chi connectivity index (χ2n) is 4.01. The summed E-state index contributed by atoms with van der Waals surface area (Å²) in [5.41, 5.74) is -0.263. The zero-order chi connectivity index (χ0) is 15.8. The summed E-state index contributed by atoms with van der Waals surface area (Å²) in [6, 6.07) is 2.43. The highest BCUT2D eigenvalue weighted by Gasteiger charge is 2.20. The number of ether oxygens (including phenoxy) is 3. The molecule has 0 aliphatic rings. The van der Waals surface area contributed by atoms with Gasteiger partial charge in [-0.25, -0.2) is 9.78 Å². The van der Waals surface area contributed by atoms with Crippen molar-refractivity contribution in [1.82, 2.24) is 4.98 Å². The van der Waals surface area contributed by atoms with Crippen LogP contribution < -0.4 is 5.32 Å². The van der Waals surface area contributed by atoms with E-state index < -0.39 is 10.9 Å². The molecule has 1 unspecified atom stereocenters. The highest BCUT2D eigenvalue weighted by molar-refractivity contribution is 5.88. The predicted octanol–water partition coefficient (Wildman–Crippen LogP) is 0.850. The molecule has 0 radical (unpaired) electrons. The number of aromatic nitrogens is 1. The van der Waals surface area contributed by atoms with Gasteiger partial charge in [0.2, 0.25) is 5.82 Å². The highest BCUT2D eigenvalue weighted by Crippen LogP contribution is 2.22. The fourth-order valence-corrected chi connectivity index (χ4v) is 1.55. The van der Waals surface area contributed by atoms with Crippen LogP contribution in [0.15, 0.2) is 12.1 Å². The summed E-state index contributed by atoms with van der Waals surface area (Å²) in [7, 11) is 4.22. The van der Waals surface area contributed by atoms with Crippen molar-refractivity contribution in [3.05, 3.63) is 27.9 Å². The first-order valence-electron chi connectivity index (χ1n) is 6.02. The molecule has 116 valence electrons. The topological polar surface area (TPSA) is 113 Å². The molecule has 1 atom stereocenters. The van der Waals surface area contributed by atoms with E-state index in [9.17, 15) is 14.9 Å². The van der Waals surface area contributed by atoms with Crippen molar-refractivity contribution < 1.29 is 23.9 Å².